The molecule has 4 nitrogen and oxygen atoms in total. The number of amides is 2. The molecule has 4 aliphatic rings. The Bertz CT molecular complexity index is 546. The molecule has 0 spiro atoms. The normalized spacial score (nSPS) is 36.3. The summed E-state index contributed by atoms with van der Waals surface area (Å²) in [4.78, 5) is 25.6. The number of likely N-dealkylation sites (tertiary alicyclic amines) is 1. The van der Waals surface area contributed by atoms with Crippen LogP contribution < -0.4 is 5.32 Å². The molecule has 1 heterocycles. The molecule has 3 aliphatic carbocycles. The number of nitrogens with one attached hydrogen (secondary N) is 1. The Kier molecular flexibility index (Phi) is 5.78. The first-order valence-corrected chi connectivity index (χ1v) is 11.0. The summed E-state index contributed by atoms with van der Waals surface area (Å²) in [5.74, 6) is 0.870. The van der Waals surface area contributed by atoms with Crippen LogP contribution in [0, 0.1) is 5.92 Å². The molecule has 0 aromatic rings. The zero-order valence-electron chi connectivity index (χ0n) is 16.0. The van der Waals surface area contributed by atoms with Crippen LogP contribution >= 0.6 is 0 Å². The van der Waals surface area contributed by atoms with Crippen molar-refractivity contribution in [2.45, 2.75) is 108 Å². The van der Waals surface area contributed by atoms with Crippen LogP contribution in [0.5, 0.6) is 0 Å². The van der Waals surface area contributed by atoms with Gasteiger partial charge in [0.1, 0.15) is 0 Å². The molecule has 1 N–H and O–H groups in total. The lowest BCUT2D eigenvalue weighted by Crippen LogP contribution is -2.49. The van der Waals surface area contributed by atoms with Gasteiger partial charge in [-0.1, -0.05) is 24.5 Å². The second-order valence-electron chi connectivity index (χ2n) is 8.85. The molecule has 0 bridgehead atoms. The third-order valence-electron chi connectivity index (χ3n) is 7.17. The summed E-state index contributed by atoms with van der Waals surface area (Å²) >= 11 is 0. The summed E-state index contributed by atoms with van der Waals surface area (Å²) in [6.07, 6.45) is 18.3. The Labute approximate surface area is 157 Å². The fraction of sp³-hybridized carbons (Fsp3) is 0.818. The summed E-state index contributed by atoms with van der Waals surface area (Å²) < 4.78 is 0. The van der Waals surface area contributed by atoms with E-state index in [0.29, 0.717) is 24.9 Å². The van der Waals surface area contributed by atoms with Gasteiger partial charge in [0.05, 0.1) is 0 Å². The number of allylic oxidation sites excluding steroid dienone is 1. The van der Waals surface area contributed by atoms with Gasteiger partial charge in [-0.3, -0.25) is 14.5 Å². The maximum absolute atomic E-state index is 12.0. The van der Waals surface area contributed by atoms with Crippen LogP contribution in [-0.2, 0) is 9.59 Å². The summed E-state index contributed by atoms with van der Waals surface area (Å²) in [6, 6.07) is 1.37. The van der Waals surface area contributed by atoms with Crippen molar-refractivity contribution in [1.82, 2.24) is 10.2 Å². The molecule has 0 aromatic carbocycles. The monoisotopic (exact) mass is 358 g/mol. The molecule has 1 aliphatic heterocycles. The Hall–Kier alpha value is -1.16. The number of rotatable bonds is 4. The summed E-state index contributed by atoms with van der Waals surface area (Å²) in [6.45, 7) is 0. The number of nitrogens with zero attached hydrogens (tertiary/aromatic N) is 1. The molecule has 0 radical (unpaired) electrons. The molecule has 4 heteroatoms. The highest BCUT2D eigenvalue weighted by Crippen LogP contribution is 2.36. The van der Waals surface area contributed by atoms with E-state index >= 15 is 0 Å². The van der Waals surface area contributed by atoms with E-state index in [1.807, 2.05) is 0 Å². The maximum atomic E-state index is 12.0. The Balaban J connectivity index is 1.32. The van der Waals surface area contributed by atoms with Gasteiger partial charge in [0.25, 0.3) is 0 Å². The van der Waals surface area contributed by atoms with E-state index in [9.17, 15) is 9.59 Å². The minimum absolute atomic E-state index is 0.0583. The third-order valence-corrected chi connectivity index (χ3v) is 7.17. The zero-order valence-corrected chi connectivity index (χ0v) is 16.0. The number of hydrogen-bond acceptors (Lipinski definition) is 3. The first-order chi connectivity index (χ1) is 12.7. The third kappa shape index (κ3) is 3.90. The number of imide groups is 1. The first-order valence-electron chi connectivity index (χ1n) is 11.0. The molecule has 0 unspecified atom stereocenters. The highest BCUT2D eigenvalue weighted by atomic mass is 16.2. The smallest absolute Gasteiger partial charge is 0.229 e. The molecule has 3 fully saturated rings. The fourth-order valence-corrected chi connectivity index (χ4v) is 5.78. The highest BCUT2D eigenvalue weighted by Gasteiger charge is 2.38. The first kappa shape index (κ1) is 18.2. The lowest BCUT2D eigenvalue weighted by Gasteiger charge is -2.40. The van der Waals surface area contributed by atoms with Crippen molar-refractivity contribution in [3.63, 3.8) is 0 Å². The van der Waals surface area contributed by atoms with Gasteiger partial charge in [-0.25, -0.2) is 0 Å². The number of carbonyl (C=O) groups excluding carboxylic acids is 2. The van der Waals surface area contributed by atoms with Gasteiger partial charge in [0.15, 0.2) is 0 Å². The fourth-order valence-electron chi connectivity index (χ4n) is 5.78. The van der Waals surface area contributed by atoms with Crippen molar-refractivity contribution in [1.29, 1.82) is 0 Å². The predicted molar refractivity (Wildman–Crippen MR) is 103 cm³/mol. The van der Waals surface area contributed by atoms with E-state index in [-0.39, 0.29) is 17.9 Å². The molecule has 2 saturated carbocycles. The SMILES string of the molecule is O=C1CCC(=O)N1C1CCC(N[C@@H]2CCCC[C@H]2C2=CCCCC2)CC1. The van der Waals surface area contributed by atoms with Crippen LogP contribution in [-0.4, -0.2) is 34.8 Å². The largest absolute Gasteiger partial charge is 0.311 e. The van der Waals surface area contributed by atoms with Crippen molar-refractivity contribution >= 4 is 11.8 Å². The van der Waals surface area contributed by atoms with E-state index < -0.39 is 0 Å². The van der Waals surface area contributed by atoms with Crippen LogP contribution in [0.3, 0.4) is 0 Å². The van der Waals surface area contributed by atoms with E-state index in [1.165, 1.54) is 51.4 Å². The van der Waals surface area contributed by atoms with Gasteiger partial charge in [0.2, 0.25) is 11.8 Å². The number of carbonyl (C=O) groups is 2. The summed E-state index contributed by atoms with van der Waals surface area (Å²) in [7, 11) is 0. The van der Waals surface area contributed by atoms with E-state index in [2.05, 4.69) is 11.4 Å². The van der Waals surface area contributed by atoms with Crippen LogP contribution in [0.25, 0.3) is 0 Å². The zero-order chi connectivity index (χ0) is 17.9. The van der Waals surface area contributed by atoms with Crippen molar-refractivity contribution in [2.75, 3.05) is 0 Å². The van der Waals surface area contributed by atoms with Gasteiger partial charge < -0.3 is 5.32 Å². The van der Waals surface area contributed by atoms with Gasteiger partial charge >= 0.3 is 0 Å². The van der Waals surface area contributed by atoms with Crippen LogP contribution in [0.1, 0.15) is 89.9 Å². The topological polar surface area (TPSA) is 49.4 Å². The average Bonchev–Trinajstić information content (AvgIpc) is 3.02. The quantitative estimate of drug-likeness (QED) is 0.608. The Morgan fingerprint density at radius 1 is 0.808 bits per heavy atom. The van der Waals surface area contributed by atoms with Gasteiger partial charge in [-0.05, 0) is 70.1 Å². The van der Waals surface area contributed by atoms with Gasteiger partial charge in [-0.15, -0.1) is 0 Å². The van der Waals surface area contributed by atoms with Crippen molar-refractivity contribution in [2.24, 2.45) is 5.92 Å². The predicted octanol–water partition coefficient (Wildman–Crippen LogP) is 4.10. The molecule has 26 heavy (non-hydrogen) atoms. The van der Waals surface area contributed by atoms with Crippen molar-refractivity contribution in [3.8, 4) is 0 Å². The molecular formula is C22H34N2O2. The lowest BCUT2D eigenvalue weighted by atomic mass is 9.75. The maximum Gasteiger partial charge on any atom is 0.229 e. The Morgan fingerprint density at radius 2 is 1.54 bits per heavy atom. The number of hydrogen-bond donors (Lipinski definition) is 1. The molecule has 1 saturated heterocycles. The van der Waals surface area contributed by atoms with E-state index in [1.54, 1.807) is 10.5 Å². The molecule has 2 atom stereocenters. The van der Waals surface area contributed by atoms with Crippen LogP contribution in [0.4, 0.5) is 0 Å². The average molecular weight is 359 g/mol. The molecule has 144 valence electrons. The van der Waals surface area contributed by atoms with Crippen LogP contribution in [0.2, 0.25) is 0 Å². The summed E-state index contributed by atoms with van der Waals surface area (Å²) in [5, 5.41) is 4.01. The Morgan fingerprint density at radius 3 is 2.23 bits per heavy atom. The minimum Gasteiger partial charge on any atom is -0.311 e. The summed E-state index contributed by atoms with van der Waals surface area (Å²) in [5.41, 5.74) is 1.73. The minimum atomic E-state index is 0.0583. The molecule has 0 aromatic heterocycles. The van der Waals surface area contributed by atoms with Crippen molar-refractivity contribution < 1.29 is 9.59 Å². The lowest BCUT2D eigenvalue weighted by molar-refractivity contribution is -0.141. The second-order valence-corrected chi connectivity index (χ2v) is 8.85. The van der Waals surface area contributed by atoms with E-state index in [0.717, 1.165) is 31.6 Å². The van der Waals surface area contributed by atoms with E-state index in [4.69, 9.17) is 0 Å². The second kappa shape index (κ2) is 8.24. The van der Waals surface area contributed by atoms with Crippen molar-refractivity contribution in [3.05, 3.63) is 11.6 Å². The van der Waals surface area contributed by atoms with Gasteiger partial charge in [0, 0.05) is 31.0 Å². The highest BCUT2D eigenvalue weighted by molar-refractivity contribution is 6.02. The molecular weight excluding hydrogens is 324 g/mol. The van der Waals surface area contributed by atoms with Gasteiger partial charge in [-0.2, -0.15) is 0 Å². The molecule has 4 rings (SSSR count). The standard InChI is InChI=1S/C22H34N2O2/c25-21-14-15-22(26)24(21)18-12-10-17(11-13-18)23-20-9-5-4-8-19(20)16-6-2-1-3-7-16/h6,17-20,23H,1-5,7-15H2/t17?,18?,19-,20+/m0/s1. The molecule has 2 amide bonds. The van der Waals surface area contributed by atoms with Crippen LogP contribution in [0.15, 0.2) is 11.6 Å².